The molecule has 2 aromatic heterocycles. The van der Waals surface area contributed by atoms with Gasteiger partial charge in [-0.05, 0) is 49.9 Å². The van der Waals surface area contributed by atoms with Gasteiger partial charge in [-0.1, -0.05) is 38.0 Å². The molecule has 0 aliphatic carbocycles. The van der Waals surface area contributed by atoms with Gasteiger partial charge < -0.3 is 9.73 Å². The monoisotopic (exact) mass is 536 g/mol. The molecule has 1 aromatic carbocycles. The van der Waals surface area contributed by atoms with Crippen LogP contribution < -0.4 is 5.32 Å². The number of pyridine rings is 1. The van der Waals surface area contributed by atoms with Crippen molar-refractivity contribution in [1.29, 1.82) is 0 Å². The minimum Gasteiger partial charge on any atom is -0.431 e. The average Bonchev–Trinajstić information content (AvgIpc) is 3.53. The maximum absolute atomic E-state index is 13.2. The molecule has 11 heteroatoms. The normalized spacial score (nSPS) is 16.6. The van der Waals surface area contributed by atoms with Crippen molar-refractivity contribution in [2.24, 2.45) is 5.92 Å². The van der Waals surface area contributed by atoms with E-state index in [4.69, 9.17) is 4.42 Å². The van der Waals surface area contributed by atoms with Gasteiger partial charge in [-0.3, -0.25) is 9.78 Å². The van der Waals surface area contributed by atoms with E-state index in [1.165, 1.54) is 50.1 Å². The zero-order chi connectivity index (χ0) is 27.0. The largest absolute Gasteiger partial charge is 0.452 e. The molecule has 3 aromatic rings. The summed E-state index contributed by atoms with van der Waals surface area (Å²) in [6.45, 7) is 6.07. The number of halogens is 3. The first-order valence-corrected chi connectivity index (χ1v) is 13.6. The molecule has 1 N–H and O–H groups in total. The van der Waals surface area contributed by atoms with Crippen LogP contribution in [0.15, 0.2) is 53.1 Å². The minimum atomic E-state index is -4.85. The fourth-order valence-electron chi connectivity index (χ4n) is 3.86. The Hall–Kier alpha value is -3.05. The van der Waals surface area contributed by atoms with Crippen molar-refractivity contribution in [2.45, 2.75) is 45.7 Å². The third-order valence-electron chi connectivity index (χ3n) is 5.87. The minimum absolute atomic E-state index is 0.257. The molecule has 1 aliphatic heterocycles. The van der Waals surface area contributed by atoms with Gasteiger partial charge >= 0.3 is 6.18 Å². The second-order valence-corrected chi connectivity index (χ2v) is 10.2. The quantitative estimate of drug-likeness (QED) is 0.394. The molecule has 7 nitrogen and oxygen atoms in total. The van der Waals surface area contributed by atoms with E-state index in [1.807, 2.05) is 0 Å². The molecular weight excluding hydrogens is 505 g/mol. The molecule has 3 heterocycles. The van der Waals surface area contributed by atoms with E-state index in [0.29, 0.717) is 11.3 Å². The van der Waals surface area contributed by atoms with Crippen LogP contribution in [0.2, 0.25) is 0 Å². The number of aromatic nitrogens is 2. The van der Waals surface area contributed by atoms with Gasteiger partial charge in [0.2, 0.25) is 11.7 Å². The predicted octanol–water partition coefficient (Wildman–Crippen LogP) is 6.11. The van der Waals surface area contributed by atoms with Gasteiger partial charge in [-0.15, -0.1) is 0 Å². The van der Waals surface area contributed by atoms with Crippen LogP contribution in [0.1, 0.15) is 54.5 Å². The zero-order valence-corrected chi connectivity index (χ0v) is 21.9. The number of carbonyl (C=O) groups excluding carboxylic acids is 1. The molecule has 4 rings (SSSR count). The van der Waals surface area contributed by atoms with Gasteiger partial charge in [0.05, 0.1) is 22.9 Å². The fourth-order valence-corrected chi connectivity index (χ4v) is 4.64. The van der Waals surface area contributed by atoms with E-state index in [1.54, 1.807) is 37.4 Å². The van der Waals surface area contributed by atoms with E-state index < -0.39 is 34.5 Å². The lowest BCUT2D eigenvalue weighted by Crippen LogP contribution is -2.22. The molecule has 1 fully saturated rings. The summed E-state index contributed by atoms with van der Waals surface area (Å²) >= 11 is 0. The second-order valence-electron chi connectivity index (χ2n) is 8.81. The summed E-state index contributed by atoms with van der Waals surface area (Å²) in [5.74, 6) is -1.93. The predicted molar refractivity (Wildman–Crippen MR) is 137 cm³/mol. The Balaban J connectivity index is 0.000000266. The third kappa shape index (κ3) is 8.22. The van der Waals surface area contributed by atoms with Crippen LogP contribution in [0.5, 0.6) is 0 Å². The van der Waals surface area contributed by atoms with Crippen LogP contribution in [0.4, 0.5) is 18.9 Å². The summed E-state index contributed by atoms with van der Waals surface area (Å²) in [5.41, 5.74) is 0.478. The molecule has 37 heavy (non-hydrogen) atoms. The van der Waals surface area contributed by atoms with Crippen molar-refractivity contribution in [3.05, 3.63) is 65.8 Å². The summed E-state index contributed by atoms with van der Waals surface area (Å²) in [6, 6.07) is 11.2. The molecule has 1 amide bonds. The van der Waals surface area contributed by atoms with Crippen molar-refractivity contribution in [2.75, 3.05) is 24.7 Å². The maximum atomic E-state index is 13.2. The molecule has 0 spiro atoms. The number of nitrogens with one attached hydrogen (secondary N) is 1. The van der Waals surface area contributed by atoms with Gasteiger partial charge in [-0.2, -0.15) is 13.2 Å². The Kier molecular flexibility index (Phi) is 9.99. The van der Waals surface area contributed by atoms with Crippen molar-refractivity contribution < 1.29 is 26.6 Å². The van der Waals surface area contributed by atoms with Crippen LogP contribution in [0.25, 0.3) is 11.5 Å². The molecule has 200 valence electrons. The van der Waals surface area contributed by atoms with E-state index in [9.17, 15) is 22.2 Å². The number of aryl methyl sites for hydroxylation is 1. The van der Waals surface area contributed by atoms with E-state index in [0.717, 1.165) is 19.0 Å². The topological polar surface area (TPSA) is 88.3 Å². The highest BCUT2D eigenvalue weighted by atomic mass is 32.2. The number of nitrogens with zero attached hydrogens (tertiary/aromatic N) is 3. The number of carbonyl (C=O) groups is 1. The average molecular weight is 537 g/mol. The Labute approximate surface area is 217 Å². The Bertz CT molecular complexity index is 1180. The number of amides is 1. The summed E-state index contributed by atoms with van der Waals surface area (Å²) in [5, 5.41) is 2.34. The van der Waals surface area contributed by atoms with E-state index >= 15 is 0 Å². The summed E-state index contributed by atoms with van der Waals surface area (Å²) in [6.07, 6.45) is 3.46. The Morgan fingerprint density at radius 1 is 1.22 bits per heavy atom. The number of benzene rings is 1. The zero-order valence-electron chi connectivity index (χ0n) is 21.0. The molecule has 2 unspecified atom stereocenters. The molecule has 1 saturated heterocycles. The number of hydrogen-bond acceptors (Lipinski definition) is 5. The molecular formula is C26H31F3N4O3S. The number of oxazole rings is 1. The second kappa shape index (κ2) is 13.0. The maximum Gasteiger partial charge on any atom is 0.452 e. The van der Waals surface area contributed by atoms with Gasteiger partial charge in [0, 0.05) is 30.6 Å². The van der Waals surface area contributed by atoms with Crippen molar-refractivity contribution in [3.63, 3.8) is 0 Å². The summed E-state index contributed by atoms with van der Waals surface area (Å²) < 4.78 is 57.6. The number of unbranched alkanes of at least 4 members (excludes halogenated alkanes) is 1. The molecule has 1 aliphatic rings. The number of anilines is 1. The van der Waals surface area contributed by atoms with Crippen LogP contribution in [-0.4, -0.2) is 43.7 Å². The highest BCUT2D eigenvalue weighted by Gasteiger charge is 2.42. The van der Waals surface area contributed by atoms with Crippen molar-refractivity contribution in [3.8, 4) is 11.5 Å². The van der Waals surface area contributed by atoms with Crippen molar-refractivity contribution >= 4 is 22.6 Å². The van der Waals surface area contributed by atoms with Gasteiger partial charge in [-0.25, -0.2) is 13.5 Å². The summed E-state index contributed by atoms with van der Waals surface area (Å²) in [7, 11) is -0.734. The lowest BCUT2D eigenvalue weighted by molar-refractivity contribution is -0.153. The lowest BCUT2D eigenvalue weighted by atomic mass is 10.0. The number of hydrogen-bond donors (Lipinski definition) is 1. The van der Waals surface area contributed by atoms with Crippen LogP contribution in [-0.2, 0) is 17.2 Å². The fraction of sp³-hybridized carbons (Fsp3) is 0.423. The molecule has 0 bridgehead atoms. The van der Waals surface area contributed by atoms with Gasteiger partial charge in [0.15, 0.2) is 5.69 Å². The van der Waals surface area contributed by atoms with Crippen LogP contribution in [0.3, 0.4) is 0 Å². The van der Waals surface area contributed by atoms with E-state index in [-0.39, 0.29) is 11.6 Å². The van der Waals surface area contributed by atoms with Gasteiger partial charge in [0.25, 0.3) is 5.91 Å². The molecule has 0 radical (unpaired) electrons. The Morgan fingerprint density at radius 3 is 2.51 bits per heavy atom. The first-order chi connectivity index (χ1) is 17.6. The summed E-state index contributed by atoms with van der Waals surface area (Å²) in [4.78, 5) is 20.0. The van der Waals surface area contributed by atoms with Crippen molar-refractivity contribution in [1.82, 2.24) is 14.3 Å². The standard InChI is InChI=1S/C17H12F3N3O2.C9H19NOS/c1-10-7-8-12(9-21-10)22-15(24)13-14(17(18,19)20)25-16(23-13)11-5-3-2-4-6-11;1-3-4-5-9-6-7-10(8-9)12(2)11/h2-9H,1H3,(H,22,24);9H,3-8H2,1-2H3. The van der Waals surface area contributed by atoms with E-state index in [2.05, 4.69) is 26.5 Å². The number of alkyl halides is 3. The van der Waals surface area contributed by atoms with Crippen LogP contribution >= 0.6 is 0 Å². The highest BCUT2D eigenvalue weighted by Crippen LogP contribution is 2.35. The first-order valence-electron chi connectivity index (χ1n) is 12.0. The first kappa shape index (κ1) is 28.5. The molecule has 0 saturated carbocycles. The highest BCUT2D eigenvalue weighted by molar-refractivity contribution is 7.81. The van der Waals surface area contributed by atoms with Gasteiger partial charge in [0.1, 0.15) is 0 Å². The molecule has 2 atom stereocenters. The Morgan fingerprint density at radius 2 is 1.95 bits per heavy atom. The third-order valence-corrected chi connectivity index (χ3v) is 6.93. The lowest BCUT2D eigenvalue weighted by Gasteiger charge is -2.11. The smallest absolute Gasteiger partial charge is 0.431 e. The SMILES string of the molecule is CCCCC1CCN(S(C)=O)C1.Cc1ccc(NC(=O)c2nc(-c3ccccc3)oc2C(F)(F)F)cn1. The van der Waals surface area contributed by atoms with Crippen LogP contribution in [0, 0.1) is 12.8 Å². The number of rotatable bonds is 7.